The minimum atomic E-state index is -0.525. The molecule has 1 atom stereocenters. The summed E-state index contributed by atoms with van der Waals surface area (Å²) >= 11 is 0. The van der Waals surface area contributed by atoms with E-state index in [1.54, 1.807) is 0 Å². The Kier molecular flexibility index (Phi) is 8.70. The molecule has 0 aliphatic carbocycles. The lowest BCUT2D eigenvalue weighted by molar-refractivity contribution is 0.135. The monoisotopic (exact) mass is 456 g/mol. The highest BCUT2D eigenvalue weighted by Gasteiger charge is 2.21. The summed E-state index contributed by atoms with van der Waals surface area (Å²) in [6, 6.07) is 27.5. The van der Waals surface area contributed by atoms with Crippen LogP contribution in [0.15, 0.2) is 78.9 Å². The molecule has 0 spiro atoms. The van der Waals surface area contributed by atoms with Gasteiger partial charge in [0.25, 0.3) is 0 Å². The standard InChI is InChI=1S/C29H32N2O3/c1-29(2,3)26-19-24(14-15-27(26)33-20-22-10-6-4-7-11-22)18-25(16-17-30)31-28(32)34-21-23-12-8-5-9-13-23/h4-15,19,25H,16,18,20-21H2,1-3H3,(H,31,32). The number of hydrogen-bond donors (Lipinski definition) is 1. The summed E-state index contributed by atoms with van der Waals surface area (Å²) in [6.45, 7) is 7.12. The first-order valence-electron chi connectivity index (χ1n) is 11.5. The number of carbonyl (C=O) groups excluding carboxylic acids is 1. The van der Waals surface area contributed by atoms with E-state index in [0.717, 1.165) is 28.0 Å². The molecule has 0 saturated carbocycles. The van der Waals surface area contributed by atoms with Crippen LogP contribution in [0.2, 0.25) is 0 Å². The fourth-order valence-corrected chi connectivity index (χ4v) is 3.65. The summed E-state index contributed by atoms with van der Waals surface area (Å²) < 4.78 is 11.5. The van der Waals surface area contributed by atoms with Gasteiger partial charge in [0.05, 0.1) is 12.5 Å². The van der Waals surface area contributed by atoms with Crippen molar-refractivity contribution in [3.05, 3.63) is 101 Å². The molecule has 1 amide bonds. The van der Waals surface area contributed by atoms with E-state index in [0.29, 0.717) is 13.0 Å². The van der Waals surface area contributed by atoms with Gasteiger partial charge in [0.15, 0.2) is 0 Å². The third-order valence-electron chi connectivity index (χ3n) is 5.44. The molecule has 3 aromatic carbocycles. The van der Waals surface area contributed by atoms with Crippen molar-refractivity contribution in [3.8, 4) is 11.8 Å². The highest BCUT2D eigenvalue weighted by molar-refractivity contribution is 5.67. The zero-order valence-corrected chi connectivity index (χ0v) is 20.1. The maximum atomic E-state index is 12.3. The van der Waals surface area contributed by atoms with Crippen molar-refractivity contribution in [3.63, 3.8) is 0 Å². The minimum absolute atomic E-state index is 0.130. The molecular formula is C29H32N2O3. The van der Waals surface area contributed by atoms with E-state index < -0.39 is 6.09 Å². The molecule has 0 heterocycles. The summed E-state index contributed by atoms with van der Waals surface area (Å²) in [7, 11) is 0. The molecule has 34 heavy (non-hydrogen) atoms. The van der Waals surface area contributed by atoms with E-state index in [9.17, 15) is 10.1 Å². The Morgan fingerprint density at radius 1 is 0.912 bits per heavy atom. The summed E-state index contributed by atoms with van der Waals surface area (Å²) in [5, 5.41) is 12.1. The van der Waals surface area contributed by atoms with Gasteiger partial charge < -0.3 is 14.8 Å². The molecule has 5 nitrogen and oxygen atoms in total. The number of nitrogens with zero attached hydrogens (tertiary/aromatic N) is 1. The van der Waals surface area contributed by atoms with Crippen LogP contribution in [0.25, 0.3) is 0 Å². The maximum absolute atomic E-state index is 12.3. The average molecular weight is 457 g/mol. The van der Waals surface area contributed by atoms with Gasteiger partial charge in [-0.05, 0) is 40.2 Å². The van der Waals surface area contributed by atoms with Gasteiger partial charge in [-0.1, -0.05) is 93.6 Å². The Morgan fingerprint density at radius 3 is 2.12 bits per heavy atom. The highest BCUT2D eigenvalue weighted by Crippen LogP contribution is 2.33. The predicted octanol–water partition coefficient (Wildman–Crippen LogP) is 6.31. The Balaban J connectivity index is 1.67. The third kappa shape index (κ3) is 7.67. The second-order valence-corrected chi connectivity index (χ2v) is 9.32. The molecule has 3 aromatic rings. The molecule has 0 aliphatic rings. The summed E-state index contributed by atoms with van der Waals surface area (Å²) in [6.07, 6.45) is 0.191. The van der Waals surface area contributed by atoms with Crippen LogP contribution in [0.1, 0.15) is 49.4 Å². The number of ether oxygens (including phenoxy) is 2. The van der Waals surface area contributed by atoms with Crippen LogP contribution in [0, 0.1) is 11.3 Å². The van der Waals surface area contributed by atoms with E-state index in [4.69, 9.17) is 9.47 Å². The van der Waals surface area contributed by atoms with Gasteiger partial charge in [0, 0.05) is 6.04 Å². The Hall–Kier alpha value is -3.78. The molecule has 0 aromatic heterocycles. The number of hydrogen-bond acceptors (Lipinski definition) is 4. The number of nitriles is 1. The van der Waals surface area contributed by atoms with Crippen molar-refractivity contribution in [1.82, 2.24) is 5.32 Å². The van der Waals surface area contributed by atoms with Gasteiger partial charge in [0.1, 0.15) is 19.0 Å². The fourth-order valence-electron chi connectivity index (χ4n) is 3.65. The number of benzene rings is 3. The quantitative estimate of drug-likeness (QED) is 0.409. The van der Waals surface area contributed by atoms with Crippen LogP contribution >= 0.6 is 0 Å². The molecule has 0 fully saturated rings. The lowest BCUT2D eigenvalue weighted by Crippen LogP contribution is -2.36. The SMILES string of the molecule is CC(C)(C)c1cc(CC(CC#N)NC(=O)OCc2ccccc2)ccc1OCc1ccccc1. The van der Waals surface area contributed by atoms with Crippen LogP contribution in [-0.4, -0.2) is 12.1 Å². The Bertz CT molecular complexity index is 1100. The van der Waals surface area contributed by atoms with Gasteiger partial charge in [-0.2, -0.15) is 5.26 Å². The van der Waals surface area contributed by atoms with E-state index in [-0.39, 0.29) is 24.5 Å². The zero-order chi connectivity index (χ0) is 24.4. The number of amides is 1. The third-order valence-corrected chi connectivity index (χ3v) is 5.44. The average Bonchev–Trinajstić information content (AvgIpc) is 2.83. The first kappa shape index (κ1) is 24.9. The van der Waals surface area contributed by atoms with Gasteiger partial charge in [-0.3, -0.25) is 0 Å². The molecular weight excluding hydrogens is 424 g/mol. The normalized spacial score (nSPS) is 11.8. The minimum Gasteiger partial charge on any atom is -0.489 e. The topological polar surface area (TPSA) is 71.4 Å². The molecule has 1 unspecified atom stereocenters. The fraction of sp³-hybridized carbons (Fsp3) is 0.310. The number of rotatable bonds is 9. The largest absolute Gasteiger partial charge is 0.489 e. The van der Waals surface area contributed by atoms with E-state index in [2.05, 4.69) is 38.2 Å². The van der Waals surface area contributed by atoms with Crippen molar-refractivity contribution in [2.45, 2.75) is 58.3 Å². The predicted molar refractivity (Wildman–Crippen MR) is 133 cm³/mol. The zero-order valence-electron chi connectivity index (χ0n) is 20.1. The number of alkyl carbamates (subject to hydrolysis) is 1. The maximum Gasteiger partial charge on any atom is 0.407 e. The lowest BCUT2D eigenvalue weighted by Gasteiger charge is -2.25. The highest BCUT2D eigenvalue weighted by atomic mass is 16.5. The van der Waals surface area contributed by atoms with Gasteiger partial charge in [-0.15, -0.1) is 0 Å². The summed E-state index contributed by atoms with van der Waals surface area (Å²) in [5.41, 5.74) is 4.01. The molecule has 0 bridgehead atoms. The van der Waals surface area contributed by atoms with Crippen LogP contribution < -0.4 is 10.1 Å². The second kappa shape index (κ2) is 11.9. The first-order chi connectivity index (χ1) is 16.3. The van der Waals surface area contributed by atoms with Gasteiger partial charge in [-0.25, -0.2) is 4.79 Å². The first-order valence-corrected chi connectivity index (χ1v) is 11.5. The lowest BCUT2D eigenvalue weighted by atomic mass is 9.84. The van der Waals surface area contributed by atoms with E-state index in [1.807, 2.05) is 72.8 Å². The summed E-state index contributed by atoms with van der Waals surface area (Å²) in [4.78, 5) is 12.3. The van der Waals surface area contributed by atoms with Crippen molar-refractivity contribution >= 4 is 6.09 Å². The molecule has 0 radical (unpaired) electrons. The Labute approximate surface area is 202 Å². The number of nitrogens with one attached hydrogen (secondary N) is 1. The van der Waals surface area contributed by atoms with E-state index >= 15 is 0 Å². The van der Waals surface area contributed by atoms with Crippen molar-refractivity contribution in [2.24, 2.45) is 0 Å². The van der Waals surface area contributed by atoms with Crippen LogP contribution in [0.3, 0.4) is 0 Å². The van der Waals surface area contributed by atoms with Crippen molar-refractivity contribution < 1.29 is 14.3 Å². The molecule has 1 N–H and O–H groups in total. The Morgan fingerprint density at radius 2 is 1.53 bits per heavy atom. The van der Waals surface area contributed by atoms with Crippen LogP contribution in [-0.2, 0) is 29.8 Å². The molecule has 0 aliphatic heterocycles. The van der Waals surface area contributed by atoms with Gasteiger partial charge >= 0.3 is 6.09 Å². The molecule has 3 rings (SSSR count). The number of carbonyl (C=O) groups is 1. The smallest absolute Gasteiger partial charge is 0.407 e. The molecule has 176 valence electrons. The second-order valence-electron chi connectivity index (χ2n) is 9.32. The summed E-state index contributed by atoms with van der Waals surface area (Å²) in [5.74, 6) is 0.840. The van der Waals surface area contributed by atoms with Crippen molar-refractivity contribution in [2.75, 3.05) is 0 Å². The molecule has 0 saturated heterocycles. The van der Waals surface area contributed by atoms with Crippen molar-refractivity contribution in [1.29, 1.82) is 5.26 Å². The van der Waals surface area contributed by atoms with Crippen LogP contribution in [0.5, 0.6) is 5.75 Å². The molecule has 5 heteroatoms. The van der Waals surface area contributed by atoms with Crippen LogP contribution in [0.4, 0.5) is 4.79 Å². The van der Waals surface area contributed by atoms with E-state index in [1.165, 1.54) is 0 Å². The van der Waals surface area contributed by atoms with Gasteiger partial charge in [0.2, 0.25) is 0 Å².